The number of carboxylic acids is 1. The zero-order chi connectivity index (χ0) is 27.5. The molecule has 1 aromatic carbocycles. The largest absolute Gasteiger partial charge is 0.480 e. The second kappa shape index (κ2) is 10.4. The first-order valence-corrected chi connectivity index (χ1v) is 15.8. The third-order valence-corrected chi connectivity index (χ3v) is 11.2. The number of hydrogen-bond donors (Lipinski definition) is 1. The molecule has 8 nitrogen and oxygen atoms in total. The highest BCUT2D eigenvalue weighted by Gasteiger charge is 2.48. The van der Waals surface area contributed by atoms with Gasteiger partial charge in [0.1, 0.15) is 6.04 Å². The number of aromatic nitrogens is 2. The van der Waals surface area contributed by atoms with Crippen molar-refractivity contribution < 1.29 is 9.90 Å². The van der Waals surface area contributed by atoms with Crippen molar-refractivity contribution in [3.05, 3.63) is 34.6 Å². The highest BCUT2D eigenvalue weighted by atomic mass is 16.4. The number of para-hydroxylation sites is 2. The average Bonchev–Trinajstić information content (AvgIpc) is 3.06. The van der Waals surface area contributed by atoms with Crippen LogP contribution in [-0.2, 0) is 4.79 Å². The Morgan fingerprint density at radius 3 is 2.20 bits per heavy atom. The second-order valence-corrected chi connectivity index (χ2v) is 13.8. The molecule has 5 aliphatic rings. The molecule has 6 atom stereocenters. The molecule has 3 saturated heterocycles. The van der Waals surface area contributed by atoms with Gasteiger partial charge in [-0.2, -0.15) is 0 Å². The zero-order valence-corrected chi connectivity index (χ0v) is 24.1. The number of piperidine rings is 2. The lowest BCUT2D eigenvalue weighted by molar-refractivity contribution is -0.142. The maximum absolute atomic E-state index is 14.3. The summed E-state index contributed by atoms with van der Waals surface area (Å²) >= 11 is 0. The van der Waals surface area contributed by atoms with Gasteiger partial charge in [0.2, 0.25) is 0 Å². The molecule has 2 aliphatic carbocycles. The Kier molecular flexibility index (Phi) is 6.90. The SMILES string of the molecule is CN(C)C1CN(c2nc3ccccc3n(C3CC4CCCC(C3)N4C3CC4CCCCC(C4)C3)c2=O)C1C(=O)O. The van der Waals surface area contributed by atoms with Crippen molar-refractivity contribution in [1.82, 2.24) is 19.4 Å². The third kappa shape index (κ3) is 4.46. The molecule has 2 saturated carbocycles. The molecule has 1 N–H and O–H groups in total. The van der Waals surface area contributed by atoms with Crippen LogP contribution >= 0.6 is 0 Å². The lowest BCUT2D eigenvalue weighted by Crippen LogP contribution is -2.69. The van der Waals surface area contributed by atoms with Crippen molar-refractivity contribution in [2.24, 2.45) is 11.8 Å². The molecule has 3 aliphatic heterocycles. The van der Waals surface area contributed by atoms with Gasteiger partial charge in [0.15, 0.2) is 5.82 Å². The number of carbonyl (C=O) groups is 1. The normalized spacial score (nSPS) is 36.3. The third-order valence-electron chi connectivity index (χ3n) is 11.2. The van der Waals surface area contributed by atoms with Gasteiger partial charge in [-0.05, 0) is 83.0 Å². The van der Waals surface area contributed by atoms with Gasteiger partial charge in [-0.3, -0.25) is 9.69 Å². The molecule has 40 heavy (non-hydrogen) atoms. The highest BCUT2D eigenvalue weighted by Crippen LogP contribution is 2.47. The number of nitrogens with zero attached hydrogens (tertiary/aromatic N) is 5. The Morgan fingerprint density at radius 2 is 1.55 bits per heavy atom. The smallest absolute Gasteiger partial charge is 0.328 e. The van der Waals surface area contributed by atoms with Gasteiger partial charge in [0.25, 0.3) is 5.56 Å². The molecule has 1 aromatic heterocycles. The van der Waals surface area contributed by atoms with E-state index in [0.717, 1.165) is 35.7 Å². The summed E-state index contributed by atoms with van der Waals surface area (Å²) in [6.45, 7) is 0.498. The van der Waals surface area contributed by atoms with Gasteiger partial charge in [-0.25, -0.2) is 9.78 Å². The summed E-state index contributed by atoms with van der Waals surface area (Å²) in [6.07, 6.45) is 15.6. The van der Waals surface area contributed by atoms with Gasteiger partial charge in [0.05, 0.1) is 17.1 Å². The molecule has 4 bridgehead atoms. The van der Waals surface area contributed by atoms with Crippen LogP contribution in [0, 0.1) is 11.8 Å². The summed E-state index contributed by atoms with van der Waals surface area (Å²) < 4.78 is 2.02. The van der Waals surface area contributed by atoms with Gasteiger partial charge in [-0.15, -0.1) is 0 Å². The number of hydrogen-bond acceptors (Lipinski definition) is 6. The van der Waals surface area contributed by atoms with Crippen LogP contribution in [0.25, 0.3) is 11.0 Å². The molecular weight excluding hydrogens is 502 g/mol. The van der Waals surface area contributed by atoms with E-state index < -0.39 is 12.0 Å². The molecule has 5 fully saturated rings. The van der Waals surface area contributed by atoms with Gasteiger partial charge in [0, 0.05) is 30.7 Å². The molecule has 4 heterocycles. The van der Waals surface area contributed by atoms with Crippen LogP contribution in [-0.4, -0.2) is 81.3 Å². The van der Waals surface area contributed by atoms with E-state index in [4.69, 9.17) is 4.98 Å². The summed E-state index contributed by atoms with van der Waals surface area (Å²) in [5.41, 5.74) is 1.54. The Morgan fingerprint density at radius 1 is 0.875 bits per heavy atom. The fourth-order valence-corrected chi connectivity index (χ4v) is 9.44. The van der Waals surface area contributed by atoms with Crippen LogP contribution in [0.15, 0.2) is 29.1 Å². The minimum absolute atomic E-state index is 0.116. The predicted molar refractivity (Wildman–Crippen MR) is 157 cm³/mol. The average molecular weight is 548 g/mol. The van der Waals surface area contributed by atoms with Crippen molar-refractivity contribution in [1.29, 1.82) is 0 Å². The lowest BCUT2D eigenvalue weighted by Gasteiger charge is -2.54. The van der Waals surface area contributed by atoms with Gasteiger partial charge >= 0.3 is 5.97 Å². The van der Waals surface area contributed by atoms with E-state index in [1.165, 1.54) is 64.2 Å². The van der Waals surface area contributed by atoms with Crippen molar-refractivity contribution >= 4 is 22.8 Å². The van der Waals surface area contributed by atoms with Crippen LogP contribution in [0.4, 0.5) is 5.82 Å². The van der Waals surface area contributed by atoms with Crippen LogP contribution < -0.4 is 10.5 Å². The van der Waals surface area contributed by atoms with Crippen LogP contribution in [0.1, 0.15) is 83.1 Å². The maximum Gasteiger partial charge on any atom is 0.328 e. The molecular formula is C32H45N5O3. The number of carboxylic acid groups (broad SMARTS) is 1. The van der Waals surface area contributed by atoms with Crippen molar-refractivity contribution in [2.45, 2.75) is 113 Å². The summed E-state index contributed by atoms with van der Waals surface area (Å²) in [6, 6.07) is 8.92. The first kappa shape index (κ1) is 26.4. The number of fused-ring (bicyclic) bond motifs is 5. The zero-order valence-electron chi connectivity index (χ0n) is 24.1. The van der Waals surface area contributed by atoms with Crippen LogP contribution in [0.3, 0.4) is 0 Å². The number of benzene rings is 1. The van der Waals surface area contributed by atoms with Crippen molar-refractivity contribution in [3.63, 3.8) is 0 Å². The number of rotatable bonds is 5. The number of likely N-dealkylation sites (N-methyl/N-ethyl adjacent to an activating group) is 1. The molecule has 6 unspecified atom stereocenters. The Bertz CT molecular complexity index is 1300. The maximum atomic E-state index is 14.3. The fourth-order valence-electron chi connectivity index (χ4n) is 9.44. The van der Waals surface area contributed by atoms with Crippen LogP contribution in [0.5, 0.6) is 0 Å². The van der Waals surface area contributed by atoms with E-state index in [1.54, 1.807) is 4.90 Å². The molecule has 0 radical (unpaired) electrons. The van der Waals surface area contributed by atoms with E-state index in [0.29, 0.717) is 30.5 Å². The standard InChI is InChI=1S/C32H45N5O3/c1-34(2)28-19-35(29(28)32(39)40)30-31(38)37(27-13-6-5-12-26(27)33-30)25-17-22-10-7-11-23(18-25)36(22)24-15-20-8-3-4-9-21(14-20)16-24/h5-6,12-13,20-25,28-29H,3-4,7-11,14-19H2,1-2H3,(H,39,40). The fraction of sp³-hybridized carbons (Fsp3) is 0.719. The Labute approximate surface area is 237 Å². The van der Waals surface area contributed by atoms with Crippen molar-refractivity contribution in [2.75, 3.05) is 25.5 Å². The molecule has 216 valence electrons. The van der Waals surface area contributed by atoms with E-state index in [9.17, 15) is 14.7 Å². The van der Waals surface area contributed by atoms with E-state index >= 15 is 0 Å². The van der Waals surface area contributed by atoms with Crippen LogP contribution in [0.2, 0.25) is 0 Å². The Balaban J connectivity index is 1.22. The highest BCUT2D eigenvalue weighted by molar-refractivity contribution is 5.83. The predicted octanol–water partition coefficient (Wildman–Crippen LogP) is 4.52. The Hall–Kier alpha value is -2.45. The van der Waals surface area contributed by atoms with E-state index in [-0.39, 0.29) is 17.6 Å². The first-order valence-electron chi connectivity index (χ1n) is 15.8. The molecule has 0 amide bonds. The quantitative estimate of drug-likeness (QED) is 0.590. The monoisotopic (exact) mass is 547 g/mol. The summed E-state index contributed by atoms with van der Waals surface area (Å²) in [7, 11) is 3.80. The minimum Gasteiger partial charge on any atom is -0.480 e. The van der Waals surface area contributed by atoms with Gasteiger partial charge < -0.3 is 19.5 Å². The summed E-state index contributed by atoms with van der Waals surface area (Å²) in [5, 5.41) is 10.0. The first-order chi connectivity index (χ1) is 19.4. The number of anilines is 1. The minimum atomic E-state index is -0.901. The molecule has 0 spiro atoms. The molecule has 2 aromatic rings. The van der Waals surface area contributed by atoms with E-state index in [2.05, 4.69) is 4.90 Å². The van der Waals surface area contributed by atoms with Gasteiger partial charge in [-0.1, -0.05) is 44.2 Å². The summed E-state index contributed by atoms with van der Waals surface area (Å²) in [5.74, 6) is 1.21. The lowest BCUT2D eigenvalue weighted by atomic mass is 9.73. The van der Waals surface area contributed by atoms with Crippen molar-refractivity contribution in [3.8, 4) is 0 Å². The number of aliphatic carboxylic acids is 1. The second-order valence-electron chi connectivity index (χ2n) is 13.8. The summed E-state index contributed by atoms with van der Waals surface area (Å²) in [4.78, 5) is 37.9. The molecule has 7 rings (SSSR count). The van der Waals surface area contributed by atoms with E-state index in [1.807, 2.05) is 47.8 Å². The topological polar surface area (TPSA) is 81.9 Å². The molecule has 8 heteroatoms.